The third kappa shape index (κ3) is 4.06. The lowest BCUT2D eigenvalue weighted by Gasteiger charge is -2.31. The van der Waals surface area contributed by atoms with Crippen LogP contribution in [0.15, 0.2) is 47.5 Å². The van der Waals surface area contributed by atoms with Crippen molar-refractivity contribution in [3.63, 3.8) is 0 Å². The van der Waals surface area contributed by atoms with Crippen LogP contribution in [0.25, 0.3) is 11.3 Å². The van der Waals surface area contributed by atoms with Gasteiger partial charge in [-0.15, -0.1) is 0 Å². The normalized spacial score (nSPS) is 16.9. The van der Waals surface area contributed by atoms with E-state index in [1.165, 1.54) is 12.4 Å². The summed E-state index contributed by atoms with van der Waals surface area (Å²) in [5.41, 5.74) is 1.03. The van der Waals surface area contributed by atoms with Gasteiger partial charge in [0.1, 0.15) is 6.10 Å². The Bertz CT molecular complexity index is 916. The maximum Gasteiger partial charge on any atom is 0.316 e. The van der Waals surface area contributed by atoms with Gasteiger partial charge in [-0.2, -0.15) is 0 Å². The van der Waals surface area contributed by atoms with Crippen molar-refractivity contribution in [1.82, 2.24) is 25.0 Å². The number of pyridine rings is 1. The molecule has 1 aliphatic heterocycles. The fraction of sp³-hybridized carbons (Fsp3) is 0.278. The van der Waals surface area contributed by atoms with Crippen LogP contribution in [0.5, 0.6) is 6.01 Å². The number of amides is 1. The minimum absolute atomic E-state index is 0.187. The highest BCUT2D eigenvalue weighted by Gasteiger charge is 2.28. The fourth-order valence-corrected chi connectivity index (χ4v) is 3.01. The highest BCUT2D eigenvalue weighted by Crippen LogP contribution is 2.22. The van der Waals surface area contributed by atoms with Gasteiger partial charge in [0.05, 0.1) is 24.0 Å². The van der Waals surface area contributed by atoms with Crippen molar-refractivity contribution >= 4 is 17.5 Å². The largest absolute Gasteiger partial charge is 0.458 e. The third-order valence-corrected chi connectivity index (χ3v) is 4.40. The van der Waals surface area contributed by atoms with Gasteiger partial charge >= 0.3 is 6.01 Å². The van der Waals surface area contributed by atoms with E-state index in [-0.39, 0.29) is 23.7 Å². The number of halogens is 1. The van der Waals surface area contributed by atoms with E-state index < -0.39 is 0 Å². The van der Waals surface area contributed by atoms with Crippen LogP contribution in [0.4, 0.5) is 0 Å². The monoisotopic (exact) mass is 385 g/mol. The summed E-state index contributed by atoms with van der Waals surface area (Å²) in [6.07, 6.45) is 7.73. The van der Waals surface area contributed by atoms with E-state index in [0.717, 1.165) is 18.4 Å². The lowest BCUT2D eigenvalue weighted by Crippen LogP contribution is -2.44. The summed E-state index contributed by atoms with van der Waals surface area (Å²) in [4.78, 5) is 26.6. The maximum atomic E-state index is 12.8. The minimum Gasteiger partial charge on any atom is -0.458 e. The number of ether oxygens (including phenoxy) is 1. The van der Waals surface area contributed by atoms with Crippen LogP contribution in [0.3, 0.4) is 0 Å². The van der Waals surface area contributed by atoms with Crippen LogP contribution in [-0.2, 0) is 0 Å². The molecule has 1 unspecified atom stereocenters. The van der Waals surface area contributed by atoms with E-state index in [0.29, 0.717) is 23.9 Å². The molecule has 8 nitrogen and oxygen atoms in total. The van der Waals surface area contributed by atoms with E-state index in [2.05, 4.69) is 20.1 Å². The predicted molar refractivity (Wildman–Crippen MR) is 96.3 cm³/mol. The molecule has 0 aliphatic carbocycles. The highest BCUT2D eigenvalue weighted by molar-refractivity contribution is 6.30. The Hall–Kier alpha value is -3.00. The van der Waals surface area contributed by atoms with E-state index in [4.69, 9.17) is 20.9 Å². The van der Waals surface area contributed by atoms with Gasteiger partial charge in [-0.3, -0.25) is 9.78 Å². The van der Waals surface area contributed by atoms with Gasteiger partial charge in [0.25, 0.3) is 5.91 Å². The van der Waals surface area contributed by atoms with Crippen LogP contribution in [0.2, 0.25) is 5.02 Å². The quantitative estimate of drug-likeness (QED) is 0.681. The maximum absolute atomic E-state index is 12.8. The molecule has 4 rings (SSSR count). The van der Waals surface area contributed by atoms with Crippen LogP contribution in [0, 0.1) is 0 Å². The molecule has 3 aromatic heterocycles. The summed E-state index contributed by atoms with van der Waals surface area (Å²) in [6, 6.07) is 5.52. The number of hydrogen-bond acceptors (Lipinski definition) is 7. The average Bonchev–Trinajstić information content (AvgIpc) is 3.20. The lowest BCUT2D eigenvalue weighted by molar-refractivity contribution is 0.0507. The van der Waals surface area contributed by atoms with E-state index in [9.17, 15) is 4.79 Å². The molecule has 1 aliphatic rings. The summed E-state index contributed by atoms with van der Waals surface area (Å²) >= 11 is 5.78. The second kappa shape index (κ2) is 7.71. The molecule has 3 aromatic rings. The van der Waals surface area contributed by atoms with Gasteiger partial charge in [-0.25, -0.2) is 9.97 Å². The molecule has 1 amide bonds. The summed E-state index contributed by atoms with van der Waals surface area (Å²) in [6.45, 7) is 1.06. The van der Waals surface area contributed by atoms with Crippen molar-refractivity contribution in [3.8, 4) is 17.3 Å². The predicted octanol–water partition coefficient (Wildman–Crippen LogP) is 2.86. The first-order valence-electron chi connectivity index (χ1n) is 8.49. The number of rotatable bonds is 4. The Morgan fingerprint density at radius 2 is 2.15 bits per heavy atom. The summed E-state index contributed by atoms with van der Waals surface area (Å²) < 4.78 is 11.1. The molecular weight excluding hydrogens is 370 g/mol. The summed E-state index contributed by atoms with van der Waals surface area (Å²) in [7, 11) is 0. The molecule has 0 saturated carbocycles. The average molecular weight is 386 g/mol. The molecule has 0 aromatic carbocycles. The smallest absolute Gasteiger partial charge is 0.316 e. The van der Waals surface area contributed by atoms with Gasteiger partial charge in [-0.05, 0) is 25.0 Å². The zero-order valence-corrected chi connectivity index (χ0v) is 15.0. The number of likely N-dealkylation sites (tertiary alicyclic amines) is 1. The van der Waals surface area contributed by atoms with Crippen LogP contribution >= 0.6 is 11.6 Å². The van der Waals surface area contributed by atoms with Gasteiger partial charge in [-0.1, -0.05) is 16.8 Å². The number of nitrogens with zero attached hydrogens (tertiary/aromatic N) is 5. The molecule has 1 atom stereocenters. The Kier molecular flexibility index (Phi) is 4.97. The SMILES string of the molecule is O=C(c1cc(-c2cccnc2)on1)N1CCCC(Oc2ncc(Cl)cn2)C1. The molecule has 0 N–H and O–H groups in total. The van der Waals surface area contributed by atoms with Gasteiger partial charge in [0, 0.05) is 30.6 Å². The zero-order valence-electron chi connectivity index (χ0n) is 14.3. The molecule has 0 spiro atoms. The standard InChI is InChI=1S/C18H16ClN5O3/c19-13-9-21-18(22-10-13)26-14-4-2-6-24(11-14)17(25)15-7-16(27-23-15)12-3-1-5-20-8-12/h1,3,5,7-10,14H,2,4,6,11H2. The first-order valence-corrected chi connectivity index (χ1v) is 8.87. The van der Waals surface area contributed by atoms with E-state index >= 15 is 0 Å². The molecule has 0 radical (unpaired) electrons. The Balaban J connectivity index is 1.43. The van der Waals surface area contributed by atoms with Gasteiger partial charge in [0.15, 0.2) is 11.5 Å². The molecule has 1 fully saturated rings. The van der Waals surface area contributed by atoms with Crippen LogP contribution < -0.4 is 4.74 Å². The second-order valence-corrected chi connectivity index (χ2v) is 6.57. The Morgan fingerprint density at radius 1 is 1.30 bits per heavy atom. The second-order valence-electron chi connectivity index (χ2n) is 6.14. The topological polar surface area (TPSA) is 94.2 Å². The van der Waals surface area contributed by atoms with Crippen molar-refractivity contribution in [2.24, 2.45) is 0 Å². The molecule has 4 heterocycles. The van der Waals surface area contributed by atoms with Crippen molar-refractivity contribution in [1.29, 1.82) is 0 Å². The number of hydrogen-bond donors (Lipinski definition) is 0. The number of aromatic nitrogens is 4. The van der Waals surface area contributed by atoms with Crippen molar-refractivity contribution in [2.45, 2.75) is 18.9 Å². The molecular formula is C18H16ClN5O3. The fourth-order valence-electron chi connectivity index (χ4n) is 2.91. The Morgan fingerprint density at radius 3 is 2.93 bits per heavy atom. The van der Waals surface area contributed by atoms with E-state index in [1.54, 1.807) is 29.4 Å². The molecule has 9 heteroatoms. The van der Waals surface area contributed by atoms with Crippen molar-refractivity contribution in [3.05, 3.63) is 53.7 Å². The molecule has 27 heavy (non-hydrogen) atoms. The minimum atomic E-state index is -0.195. The number of piperidine rings is 1. The van der Waals surface area contributed by atoms with Crippen LogP contribution in [-0.4, -0.2) is 50.1 Å². The lowest BCUT2D eigenvalue weighted by atomic mass is 10.1. The molecule has 138 valence electrons. The number of carbonyl (C=O) groups is 1. The summed E-state index contributed by atoms with van der Waals surface area (Å²) in [5, 5.41) is 4.36. The Labute approximate surface area is 160 Å². The van der Waals surface area contributed by atoms with Crippen LogP contribution in [0.1, 0.15) is 23.3 Å². The summed E-state index contributed by atoms with van der Waals surface area (Å²) in [5.74, 6) is 0.310. The third-order valence-electron chi connectivity index (χ3n) is 4.21. The van der Waals surface area contributed by atoms with Gasteiger partial charge in [0.2, 0.25) is 0 Å². The van der Waals surface area contributed by atoms with Gasteiger partial charge < -0.3 is 14.2 Å². The van der Waals surface area contributed by atoms with E-state index in [1.807, 2.05) is 6.07 Å². The number of carbonyl (C=O) groups excluding carboxylic acids is 1. The van der Waals surface area contributed by atoms with Crippen molar-refractivity contribution < 1.29 is 14.1 Å². The molecule has 1 saturated heterocycles. The highest BCUT2D eigenvalue weighted by atomic mass is 35.5. The first kappa shape index (κ1) is 17.4. The molecule has 0 bridgehead atoms. The van der Waals surface area contributed by atoms with Crippen molar-refractivity contribution in [2.75, 3.05) is 13.1 Å². The zero-order chi connectivity index (χ0) is 18.6. The first-order chi connectivity index (χ1) is 13.2.